The van der Waals surface area contributed by atoms with Crippen LogP contribution in [0, 0.1) is 13.8 Å². The quantitative estimate of drug-likeness (QED) is 0.239. The van der Waals surface area contributed by atoms with Crippen LogP contribution in [0.25, 0.3) is 0 Å². The fourth-order valence-electron chi connectivity index (χ4n) is 3.84. The number of hydrogen-bond donors (Lipinski definition) is 0. The van der Waals surface area contributed by atoms with Crippen LogP contribution < -0.4 is 0 Å². The predicted molar refractivity (Wildman–Crippen MR) is 127 cm³/mol. The van der Waals surface area contributed by atoms with Crippen molar-refractivity contribution in [2.45, 2.75) is 44.9 Å². The lowest BCUT2D eigenvalue weighted by Crippen LogP contribution is -2.07. The Balaban J connectivity index is 1.37. The molecule has 1 unspecified atom stereocenters. The van der Waals surface area contributed by atoms with E-state index in [9.17, 15) is 4.79 Å². The Hall–Kier alpha value is -3.12. The molecule has 0 spiro atoms. The first-order valence-corrected chi connectivity index (χ1v) is 11.7. The number of rotatable bonds is 9. The zero-order valence-corrected chi connectivity index (χ0v) is 19.4. The summed E-state index contributed by atoms with van der Waals surface area (Å²) in [5, 5.41) is 8.72. The lowest BCUT2D eigenvalue weighted by atomic mass is 9.98. The summed E-state index contributed by atoms with van der Waals surface area (Å²) in [6.07, 6.45) is 0.673. The number of nitrogens with zero attached hydrogens (tertiary/aromatic N) is 3. The highest BCUT2D eigenvalue weighted by atomic mass is 32.2. The highest BCUT2D eigenvalue weighted by Gasteiger charge is 2.18. The van der Waals surface area contributed by atoms with Gasteiger partial charge in [0, 0.05) is 29.9 Å². The van der Waals surface area contributed by atoms with Crippen molar-refractivity contribution in [2.24, 2.45) is 0 Å². The smallest absolute Gasteiger partial charge is 0.277 e. The Morgan fingerprint density at radius 1 is 1.03 bits per heavy atom. The van der Waals surface area contributed by atoms with Crippen LogP contribution in [0.15, 0.2) is 76.4 Å². The highest BCUT2D eigenvalue weighted by molar-refractivity contribution is 7.99. The summed E-state index contributed by atoms with van der Waals surface area (Å²) in [4.78, 5) is 12.9. The molecule has 6 heteroatoms. The Morgan fingerprint density at radius 3 is 2.44 bits per heavy atom. The maximum absolute atomic E-state index is 12.9. The summed E-state index contributed by atoms with van der Waals surface area (Å²) in [6.45, 7) is 6.94. The zero-order chi connectivity index (χ0) is 22.5. The Labute approximate surface area is 192 Å². The largest absolute Gasteiger partial charge is 0.416 e. The van der Waals surface area contributed by atoms with Gasteiger partial charge in [-0.25, -0.2) is 0 Å². The highest BCUT2D eigenvalue weighted by Crippen LogP contribution is 2.24. The van der Waals surface area contributed by atoms with Crippen LogP contribution in [0.3, 0.4) is 0 Å². The maximum Gasteiger partial charge on any atom is 0.277 e. The second-order valence-electron chi connectivity index (χ2n) is 8.05. The fourth-order valence-corrected chi connectivity index (χ4v) is 4.50. The molecule has 0 radical (unpaired) electrons. The second-order valence-corrected chi connectivity index (χ2v) is 8.97. The summed E-state index contributed by atoms with van der Waals surface area (Å²) in [7, 11) is 0. The van der Waals surface area contributed by atoms with Crippen molar-refractivity contribution in [1.82, 2.24) is 14.8 Å². The third-order valence-corrected chi connectivity index (χ3v) is 6.50. The Kier molecular flexibility index (Phi) is 6.90. The number of hydrogen-bond acceptors (Lipinski definition) is 5. The van der Waals surface area contributed by atoms with Crippen LogP contribution in [0.5, 0.6) is 0 Å². The van der Waals surface area contributed by atoms with E-state index in [1.54, 1.807) is 0 Å². The standard InChI is InChI=1S/C26H27N3O2S/c1-18(22-12-8-5-9-13-22)14-25-27-28-26(31-25)32-17-24(30)23-15-19(2)29(20(23)3)16-21-10-6-4-7-11-21/h4-13,15,18H,14,16-17H2,1-3H3. The van der Waals surface area contributed by atoms with Gasteiger partial charge in [-0.05, 0) is 37.0 Å². The number of thioether (sulfide) groups is 1. The van der Waals surface area contributed by atoms with Gasteiger partial charge in [0.2, 0.25) is 5.89 Å². The third kappa shape index (κ3) is 5.19. The zero-order valence-electron chi connectivity index (χ0n) is 18.6. The van der Waals surface area contributed by atoms with Gasteiger partial charge in [-0.1, -0.05) is 79.3 Å². The second kappa shape index (κ2) is 10.0. The molecule has 4 aromatic rings. The van der Waals surface area contributed by atoms with Gasteiger partial charge in [0.15, 0.2) is 5.78 Å². The van der Waals surface area contributed by atoms with Crippen molar-refractivity contribution < 1.29 is 9.21 Å². The summed E-state index contributed by atoms with van der Waals surface area (Å²) < 4.78 is 7.97. The average molecular weight is 446 g/mol. The van der Waals surface area contributed by atoms with E-state index in [4.69, 9.17) is 4.42 Å². The number of carbonyl (C=O) groups is 1. The first-order valence-electron chi connectivity index (χ1n) is 10.7. The molecular weight excluding hydrogens is 418 g/mol. The van der Waals surface area contributed by atoms with Crippen LogP contribution in [0.4, 0.5) is 0 Å². The molecule has 0 bridgehead atoms. The van der Waals surface area contributed by atoms with E-state index in [0.717, 1.165) is 23.5 Å². The van der Waals surface area contributed by atoms with Gasteiger partial charge in [0.25, 0.3) is 5.22 Å². The Morgan fingerprint density at radius 2 is 1.72 bits per heavy atom. The van der Waals surface area contributed by atoms with Crippen molar-refractivity contribution in [3.8, 4) is 0 Å². The first-order chi connectivity index (χ1) is 15.5. The molecule has 0 N–H and O–H groups in total. The topological polar surface area (TPSA) is 60.9 Å². The SMILES string of the molecule is Cc1cc(C(=O)CSc2nnc(CC(C)c3ccccc3)o2)c(C)n1Cc1ccccc1. The molecule has 0 aliphatic heterocycles. The van der Waals surface area contributed by atoms with Crippen LogP contribution >= 0.6 is 11.8 Å². The fraction of sp³-hybridized carbons (Fsp3) is 0.269. The predicted octanol–water partition coefficient (Wildman–Crippen LogP) is 5.86. The van der Waals surface area contributed by atoms with Crippen molar-refractivity contribution >= 4 is 17.5 Å². The third-order valence-electron chi connectivity index (χ3n) is 5.68. The maximum atomic E-state index is 12.9. The average Bonchev–Trinajstić information content (AvgIpc) is 3.38. The molecule has 2 aromatic carbocycles. The monoisotopic (exact) mass is 445 g/mol. The molecule has 32 heavy (non-hydrogen) atoms. The van der Waals surface area contributed by atoms with Crippen LogP contribution in [0.1, 0.15) is 51.6 Å². The van der Waals surface area contributed by atoms with E-state index in [0.29, 0.717) is 17.5 Å². The van der Waals surface area contributed by atoms with Gasteiger partial charge in [0.05, 0.1) is 5.75 Å². The summed E-state index contributed by atoms with van der Waals surface area (Å²) in [5.41, 5.74) is 5.27. The molecule has 0 aliphatic rings. The van der Waals surface area contributed by atoms with Crippen molar-refractivity contribution in [3.05, 3.63) is 101 Å². The minimum absolute atomic E-state index is 0.0693. The molecular formula is C26H27N3O2S. The van der Waals surface area contributed by atoms with Gasteiger partial charge in [0.1, 0.15) is 0 Å². The molecule has 1 atom stereocenters. The summed E-state index contributed by atoms with van der Waals surface area (Å²) >= 11 is 1.30. The van der Waals surface area contributed by atoms with Gasteiger partial charge < -0.3 is 8.98 Å². The van der Waals surface area contributed by atoms with Gasteiger partial charge in [-0.3, -0.25) is 4.79 Å². The minimum Gasteiger partial charge on any atom is -0.416 e. The first kappa shape index (κ1) is 22.1. The minimum atomic E-state index is 0.0693. The van der Waals surface area contributed by atoms with E-state index < -0.39 is 0 Å². The molecule has 2 heterocycles. The normalized spacial score (nSPS) is 12.1. The number of benzene rings is 2. The van der Waals surface area contributed by atoms with Gasteiger partial charge >= 0.3 is 0 Å². The van der Waals surface area contributed by atoms with E-state index in [-0.39, 0.29) is 17.5 Å². The van der Waals surface area contributed by atoms with Crippen molar-refractivity contribution in [2.75, 3.05) is 5.75 Å². The molecule has 0 aliphatic carbocycles. The lowest BCUT2D eigenvalue weighted by Gasteiger charge is -2.10. The van der Waals surface area contributed by atoms with Gasteiger partial charge in [-0.2, -0.15) is 0 Å². The number of aryl methyl sites for hydroxylation is 1. The Bertz CT molecular complexity index is 1180. The number of Topliss-reactive ketones (excluding diaryl/α,β-unsaturated/α-hetero) is 1. The van der Waals surface area contributed by atoms with Crippen molar-refractivity contribution in [1.29, 1.82) is 0 Å². The van der Waals surface area contributed by atoms with Crippen molar-refractivity contribution in [3.63, 3.8) is 0 Å². The van der Waals surface area contributed by atoms with Crippen LogP contribution in [-0.4, -0.2) is 26.3 Å². The molecule has 0 saturated carbocycles. The van der Waals surface area contributed by atoms with E-state index in [1.165, 1.54) is 22.9 Å². The number of aromatic nitrogens is 3. The number of ketones is 1. The molecule has 0 saturated heterocycles. The number of carbonyl (C=O) groups excluding carboxylic acids is 1. The molecule has 5 nitrogen and oxygen atoms in total. The summed E-state index contributed by atoms with van der Waals surface area (Å²) in [6, 6.07) is 22.5. The van der Waals surface area contributed by atoms with E-state index in [1.807, 2.05) is 56.3 Å². The van der Waals surface area contributed by atoms with Crippen LogP contribution in [-0.2, 0) is 13.0 Å². The van der Waals surface area contributed by atoms with E-state index in [2.05, 4.69) is 46.0 Å². The molecule has 164 valence electrons. The van der Waals surface area contributed by atoms with Crippen LogP contribution in [0.2, 0.25) is 0 Å². The molecule has 0 fully saturated rings. The molecule has 4 rings (SSSR count). The molecule has 0 amide bonds. The lowest BCUT2D eigenvalue weighted by molar-refractivity contribution is 0.102. The summed E-state index contributed by atoms with van der Waals surface area (Å²) in [5.74, 6) is 1.22. The van der Waals surface area contributed by atoms with E-state index >= 15 is 0 Å². The van der Waals surface area contributed by atoms with Gasteiger partial charge in [-0.15, -0.1) is 10.2 Å². The molecule has 2 aromatic heterocycles.